The highest BCUT2D eigenvalue weighted by Crippen LogP contribution is 2.34. The van der Waals surface area contributed by atoms with E-state index in [1.54, 1.807) is 17.5 Å². The number of para-hydroxylation sites is 1. The monoisotopic (exact) mass is 584 g/mol. The molecule has 3 aliphatic heterocycles. The third-order valence-electron chi connectivity index (χ3n) is 7.77. The van der Waals surface area contributed by atoms with Crippen molar-refractivity contribution in [2.75, 3.05) is 33.9 Å². The average Bonchev–Trinajstić information content (AvgIpc) is 3.62. The van der Waals surface area contributed by atoms with Crippen LogP contribution in [-0.2, 0) is 11.2 Å². The van der Waals surface area contributed by atoms with Crippen LogP contribution in [0.2, 0.25) is 5.02 Å². The second kappa shape index (κ2) is 11.1. The van der Waals surface area contributed by atoms with Crippen LogP contribution in [0.3, 0.4) is 0 Å². The van der Waals surface area contributed by atoms with E-state index in [9.17, 15) is 4.79 Å². The summed E-state index contributed by atoms with van der Waals surface area (Å²) in [5.74, 6) is 1.58. The van der Waals surface area contributed by atoms with Crippen molar-refractivity contribution < 1.29 is 4.79 Å². The van der Waals surface area contributed by atoms with Gasteiger partial charge in [0.25, 0.3) is 0 Å². The minimum Gasteiger partial charge on any atom is -0.348 e. The number of rotatable bonds is 4. The van der Waals surface area contributed by atoms with Gasteiger partial charge in [0.05, 0.1) is 16.4 Å². The number of aliphatic imine (C=N–C) groups is 1. The van der Waals surface area contributed by atoms with Gasteiger partial charge in [-0.1, -0.05) is 35.1 Å². The number of halogens is 1. The van der Waals surface area contributed by atoms with E-state index in [2.05, 4.69) is 54.0 Å². The van der Waals surface area contributed by atoms with Crippen molar-refractivity contribution in [2.45, 2.75) is 32.1 Å². The summed E-state index contributed by atoms with van der Waals surface area (Å²) in [4.78, 5) is 33.7. The highest BCUT2D eigenvalue weighted by atomic mass is 35.5. The molecule has 1 amide bonds. The third kappa shape index (κ3) is 5.75. The zero-order chi connectivity index (χ0) is 27.8. The van der Waals surface area contributed by atoms with Crippen molar-refractivity contribution in [1.82, 2.24) is 15.0 Å². The van der Waals surface area contributed by atoms with E-state index in [0.29, 0.717) is 29.1 Å². The zero-order valence-electron chi connectivity index (χ0n) is 22.3. The van der Waals surface area contributed by atoms with Gasteiger partial charge in [-0.05, 0) is 67.5 Å². The normalized spacial score (nSPS) is 19.8. The van der Waals surface area contributed by atoms with Crippen LogP contribution in [0.5, 0.6) is 0 Å². The van der Waals surface area contributed by atoms with Gasteiger partial charge in [-0.3, -0.25) is 9.79 Å². The lowest BCUT2D eigenvalue weighted by molar-refractivity contribution is -0.116. The second-order valence-electron chi connectivity index (χ2n) is 10.8. The maximum absolute atomic E-state index is 13.3. The lowest BCUT2D eigenvalue weighted by Gasteiger charge is -2.19. The first-order valence-electron chi connectivity index (χ1n) is 13.9. The number of anilines is 5. The summed E-state index contributed by atoms with van der Waals surface area (Å²) in [6.07, 6.45) is 9.35. The first kappa shape index (κ1) is 25.9. The highest BCUT2D eigenvalue weighted by molar-refractivity contribution is 7.22. The Bertz CT molecular complexity index is 1650. The minimum absolute atomic E-state index is 0.0400. The fourth-order valence-corrected chi connectivity index (χ4v) is 6.81. The van der Waals surface area contributed by atoms with Gasteiger partial charge >= 0.3 is 0 Å². The molecule has 9 nitrogen and oxygen atoms in total. The van der Waals surface area contributed by atoms with Crippen LogP contribution in [0.15, 0.2) is 65.6 Å². The Morgan fingerprint density at radius 2 is 2.07 bits per heavy atom. The zero-order valence-corrected chi connectivity index (χ0v) is 23.9. The molecule has 0 spiro atoms. The van der Waals surface area contributed by atoms with Crippen LogP contribution in [-0.4, -0.2) is 40.2 Å². The number of carbonyl (C=O) groups is 1. The number of aryl methyl sites for hydroxylation is 1. The van der Waals surface area contributed by atoms with Crippen LogP contribution < -0.4 is 20.9 Å². The number of fused-ring (bicyclic) bond motifs is 7. The molecular weight excluding hydrogens is 556 g/mol. The highest BCUT2D eigenvalue weighted by Gasteiger charge is 2.27. The molecule has 2 aromatic carbocycles. The van der Waals surface area contributed by atoms with Crippen LogP contribution in [0.4, 0.5) is 28.3 Å². The molecule has 1 unspecified atom stereocenters. The molecule has 0 saturated carbocycles. The number of thiazole rings is 1. The smallest absolute Gasteiger partial charge is 0.229 e. The lowest BCUT2D eigenvalue weighted by atomic mass is 9.94. The molecule has 1 fully saturated rings. The fraction of sp³-hybridized carbons (Fsp3) is 0.300. The van der Waals surface area contributed by atoms with E-state index in [1.165, 1.54) is 4.70 Å². The van der Waals surface area contributed by atoms with E-state index in [1.807, 2.05) is 36.7 Å². The first-order valence-corrected chi connectivity index (χ1v) is 15.1. The molecule has 5 heterocycles. The van der Waals surface area contributed by atoms with E-state index >= 15 is 0 Å². The van der Waals surface area contributed by atoms with Gasteiger partial charge in [-0.2, -0.15) is 4.98 Å². The summed E-state index contributed by atoms with van der Waals surface area (Å²) >= 11 is 8.12. The van der Waals surface area contributed by atoms with E-state index in [0.717, 1.165) is 72.1 Å². The molecule has 41 heavy (non-hydrogen) atoms. The molecule has 3 aliphatic rings. The fourth-order valence-electron chi connectivity index (χ4n) is 5.67. The quantitative estimate of drug-likeness (QED) is 0.247. The van der Waals surface area contributed by atoms with Gasteiger partial charge in [0.15, 0.2) is 10.9 Å². The number of nitrogens with zero attached hydrogens (tertiary/aromatic N) is 5. The Hall–Kier alpha value is -4.02. The molecule has 1 saturated heterocycles. The maximum Gasteiger partial charge on any atom is 0.229 e. The molecule has 3 N–H and O–H groups in total. The molecular formula is C30H29ClN8OS. The Labute approximate surface area is 246 Å². The summed E-state index contributed by atoms with van der Waals surface area (Å²) < 4.78 is 1.20. The summed E-state index contributed by atoms with van der Waals surface area (Å²) in [6, 6.07) is 14.2. The number of carbonyl (C=O) groups excluding carboxylic acids is 1. The van der Waals surface area contributed by atoms with Gasteiger partial charge in [0.2, 0.25) is 11.9 Å². The van der Waals surface area contributed by atoms with Crippen molar-refractivity contribution >= 4 is 73.5 Å². The van der Waals surface area contributed by atoms with Crippen LogP contribution >= 0.6 is 22.9 Å². The Balaban J connectivity index is 1.06. The number of aromatic nitrogens is 3. The number of hydrogen-bond donors (Lipinski definition) is 3. The minimum atomic E-state index is 0.0400. The predicted octanol–water partition coefficient (Wildman–Crippen LogP) is 6.63. The molecule has 2 atom stereocenters. The van der Waals surface area contributed by atoms with Crippen molar-refractivity contribution in [2.24, 2.45) is 16.8 Å². The van der Waals surface area contributed by atoms with E-state index < -0.39 is 0 Å². The molecule has 7 rings (SSSR count). The number of nitrogens with one attached hydrogen (secondary N) is 3. The molecule has 6 bridgehead atoms. The number of allylic oxidation sites excluding steroid dienone is 1. The van der Waals surface area contributed by atoms with Crippen molar-refractivity contribution in [3.63, 3.8) is 0 Å². The molecule has 4 aromatic rings. The Kier molecular flexibility index (Phi) is 7.02. The maximum atomic E-state index is 13.3. The van der Waals surface area contributed by atoms with Gasteiger partial charge in [0.1, 0.15) is 5.02 Å². The first-order chi connectivity index (χ1) is 20.1. The van der Waals surface area contributed by atoms with Crippen LogP contribution in [0, 0.1) is 11.8 Å². The summed E-state index contributed by atoms with van der Waals surface area (Å²) in [6.45, 7) is 1.76. The summed E-state index contributed by atoms with van der Waals surface area (Å²) in [5, 5.41) is 11.3. The van der Waals surface area contributed by atoms with Gasteiger partial charge in [0, 0.05) is 54.9 Å². The lowest BCUT2D eigenvalue weighted by Crippen LogP contribution is -2.22. The summed E-state index contributed by atoms with van der Waals surface area (Å²) in [7, 11) is 0. The Morgan fingerprint density at radius 3 is 3.00 bits per heavy atom. The van der Waals surface area contributed by atoms with Crippen LogP contribution in [0.25, 0.3) is 10.2 Å². The number of benzene rings is 2. The molecule has 0 aliphatic carbocycles. The number of amides is 1. The largest absolute Gasteiger partial charge is 0.348 e. The molecule has 0 radical (unpaired) electrons. The number of hydrogen-bond acceptors (Lipinski definition) is 9. The van der Waals surface area contributed by atoms with Crippen molar-refractivity contribution in [1.29, 1.82) is 0 Å². The summed E-state index contributed by atoms with van der Waals surface area (Å²) in [5.41, 5.74) is 4.75. The van der Waals surface area contributed by atoms with E-state index in [-0.39, 0.29) is 11.8 Å². The standard InChI is InChI=1S/C30H29ClN8OS/c31-23-16-33-29-35-22-11-18(14-32-15-22)5-6-20-13-21(34-28(23)38-29)7-8-24(20)36-27(40)12-19-9-10-39(17-19)30-37-25-3-1-2-4-26(25)41-30/h1-4,7-8,13-16,18-19H,5-6,9-12,17H2,(H,36,40)(H2,33,34,35,38)/t18?,19-/m1/s1. The Morgan fingerprint density at radius 1 is 1.15 bits per heavy atom. The SMILES string of the molecule is O=C(C[C@H]1CCN(c2nc3ccccc3s2)C1)Nc1ccc2cc1CCC1C=NC=C(C1)Nc1ncc(Cl)c(n1)N2. The topological polar surface area (TPSA) is 107 Å². The molecule has 208 valence electrons. The van der Waals surface area contributed by atoms with Gasteiger partial charge in [-0.25, -0.2) is 9.97 Å². The van der Waals surface area contributed by atoms with Crippen molar-refractivity contribution in [3.8, 4) is 0 Å². The second-order valence-corrected chi connectivity index (χ2v) is 12.2. The predicted molar refractivity (Wildman–Crippen MR) is 167 cm³/mol. The van der Waals surface area contributed by atoms with Gasteiger partial charge < -0.3 is 20.9 Å². The molecule has 11 heteroatoms. The van der Waals surface area contributed by atoms with Gasteiger partial charge in [-0.15, -0.1) is 0 Å². The van der Waals surface area contributed by atoms with Crippen molar-refractivity contribution in [3.05, 3.63) is 71.1 Å². The third-order valence-corrected chi connectivity index (χ3v) is 9.14. The molecule has 2 aromatic heterocycles. The van der Waals surface area contributed by atoms with E-state index in [4.69, 9.17) is 16.6 Å². The van der Waals surface area contributed by atoms with Crippen LogP contribution in [0.1, 0.15) is 31.2 Å². The average molecular weight is 585 g/mol.